The Morgan fingerprint density at radius 1 is 1.33 bits per heavy atom. The van der Waals surface area contributed by atoms with E-state index in [1.807, 2.05) is 6.92 Å². The molecule has 18 heavy (non-hydrogen) atoms. The highest BCUT2D eigenvalue weighted by Gasteiger charge is 2.20. The van der Waals surface area contributed by atoms with E-state index >= 15 is 0 Å². The van der Waals surface area contributed by atoms with Crippen LogP contribution in [0.2, 0.25) is 0 Å². The van der Waals surface area contributed by atoms with E-state index in [4.69, 9.17) is 10.5 Å². The molecule has 0 spiro atoms. The minimum Gasteiger partial charge on any atom is -0.459 e. The third-order valence-corrected chi connectivity index (χ3v) is 3.92. The molecule has 0 amide bonds. The fourth-order valence-electron chi connectivity index (χ4n) is 2.31. The van der Waals surface area contributed by atoms with E-state index in [9.17, 15) is 4.79 Å². The molecule has 4 heteroatoms. The summed E-state index contributed by atoms with van der Waals surface area (Å²) in [5.41, 5.74) is 7.82. The number of halogens is 1. The number of hydrogen-bond donors (Lipinski definition) is 1. The van der Waals surface area contributed by atoms with Crippen LogP contribution in [-0.2, 0) is 4.74 Å². The second-order valence-corrected chi connectivity index (χ2v) is 5.75. The largest absolute Gasteiger partial charge is 0.459 e. The van der Waals surface area contributed by atoms with E-state index < -0.39 is 0 Å². The molecule has 1 aromatic rings. The van der Waals surface area contributed by atoms with Gasteiger partial charge in [0, 0.05) is 10.2 Å². The highest BCUT2D eigenvalue weighted by molar-refractivity contribution is 9.10. The molecule has 3 nitrogen and oxygen atoms in total. The Kier molecular flexibility index (Phi) is 4.27. The van der Waals surface area contributed by atoms with Crippen LogP contribution in [0.15, 0.2) is 16.6 Å². The Morgan fingerprint density at radius 3 is 2.67 bits per heavy atom. The van der Waals surface area contributed by atoms with Crippen LogP contribution in [0.4, 0.5) is 5.69 Å². The van der Waals surface area contributed by atoms with E-state index in [0.29, 0.717) is 11.3 Å². The Bertz CT molecular complexity index is 453. The van der Waals surface area contributed by atoms with Gasteiger partial charge >= 0.3 is 5.97 Å². The maximum absolute atomic E-state index is 12.1. The van der Waals surface area contributed by atoms with Crippen molar-refractivity contribution in [3.8, 4) is 0 Å². The van der Waals surface area contributed by atoms with Gasteiger partial charge in [-0.05, 0) is 50.3 Å². The maximum atomic E-state index is 12.1. The van der Waals surface area contributed by atoms with Crippen molar-refractivity contribution in [3.05, 3.63) is 27.7 Å². The summed E-state index contributed by atoms with van der Waals surface area (Å²) >= 11 is 3.35. The number of benzene rings is 1. The lowest BCUT2D eigenvalue weighted by molar-refractivity contribution is 0.0210. The van der Waals surface area contributed by atoms with E-state index in [2.05, 4.69) is 15.9 Å². The van der Waals surface area contributed by atoms with Gasteiger partial charge < -0.3 is 10.5 Å². The van der Waals surface area contributed by atoms with Gasteiger partial charge in [-0.3, -0.25) is 0 Å². The van der Waals surface area contributed by atoms with Gasteiger partial charge in [-0.1, -0.05) is 22.4 Å². The molecular weight excluding hydrogens is 294 g/mol. The van der Waals surface area contributed by atoms with Crippen LogP contribution in [-0.4, -0.2) is 12.1 Å². The van der Waals surface area contributed by atoms with E-state index in [-0.39, 0.29) is 12.1 Å². The summed E-state index contributed by atoms with van der Waals surface area (Å²) in [6.45, 7) is 1.85. The van der Waals surface area contributed by atoms with Gasteiger partial charge in [0.15, 0.2) is 0 Å². The summed E-state index contributed by atoms with van der Waals surface area (Å²) < 4.78 is 6.36. The van der Waals surface area contributed by atoms with Crippen LogP contribution >= 0.6 is 15.9 Å². The normalized spacial score (nSPS) is 16.6. The predicted octanol–water partition coefficient (Wildman–Crippen LogP) is 3.83. The molecule has 1 fully saturated rings. The number of nitrogens with two attached hydrogens (primary N) is 1. The summed E-state index contributed by atoms with van der Waals surface area (Å²) in [6, 6.07) is 3.57. The summed E-state index contributed by atoms with van der Waals surface area (Å²) in [5, 5.41) is 0. The van der Waals surface area contributed by atoms with Crippen LogP contribution < -0.4 is 5.73 Å². The molecule has 0 atom stereocenters. The van der Waals surface area contributed by atoms with Gasteiger partial charge in [-0.15, -0.1) is 0 Å². The average molecular weight is 312 g/mol. The fourth-order valence-corrected chi connectivity index (χ4v) is 2.79. The minimum absolute atomic E-state index is 0.0749. The van der Waals surface area contributed by atoms with Crippen molar-refractivity contribution in [1.29, 1.82) is 0 Å². The lowest BCUT2D eigenvalue weighted by Crippen LogP contribution is -2.21. The monoisotopic (exact) mass is 311 g/mol. The first-order valence-corrected chi connectivity index (χ1v) is 7.14. The Balaban J connectivity index is 2.13. The molecule has 98 valence electrons. The topological polar surface area (TPSA) is 52.3 Å². The zero-order chi connectivity index (χ0) is 13.1. The van der Waals surface area contributed by atoms with Gasteiger partial charge in [0.25, 0.3) is 0 Å². The number of esters is 1. The lowest BCUT2D eigenvalue weighted by Gasteiger charge is -2.22. The fraction of sp³-hybridized carbons (Fsp3) is 0.500. The molecule has 0 aromatic heterocycles. The molecule has 2 N–H and O–H groups in total. The smallest absolute Gasteiger partial charge is 0.338 e. The maximum Gasteiger partial charge on any atom is 0.338 e. The second kappa shape index (κ2) is 5.74. The molecule has 2 rings (SSSR count). The third kappa shape index (κ3) is 3.05. The standard InChI is InChI=1S/C14H18BrNO2/c1-9-12(7-10(15)8-13(9)16)14(17)18-11-5-3-2-4-6-11/h7-8,11H,2-6,16H2,1H3. The molecule has 0 radical (unpaired) electrons. The molecule has 0 aliphatic heterocycles. The molecule has 0 unspecified atom stereocenters. The van der Waals surface area contributed by atoms with Gasteiger partial charge in [-0.25, -0.2) is 4.79 Å². The van der Waals surface area contributed by atoms with E-state index in [1.54, 1.807) is 12.1 Å². The Labute approximate surface area is 116 Å². The molecule has 0 heterocycles. The summed E-state index contributed by atoms with van der Waals surface area (Å²) in [7, 11) is 0. The van der Waals surface area contributed by atoms with Crippen molar-refractivity contribution in [2.75, 3.05) is 5.73 Å². The quantitative estimate of drug-likeness (QED) is 0.667. The molecule has 1 aliphatic rings. The SMILES string of the molecule is Cc1c(N)cc(Br)cc1C(=O)OC1CCCCC1. The van der Waals surface area contributed by atoms with Crippen molar-refractivity contribution in [1.82, 2.24) is 0 Å². The molecule has 1 aromatic carbocycles. The van der Waals surface area contributed by atoms with Crippen LogP contribution in [0.3, 0.4) is 0 Å². The van der Waals surface area contributed by atoms with Crippen molar-refractivity contribution in [2.24, 2.45) is 0 Å². The van der Waals surface area contributed by atoms with Crippen LogP contribution in [0.1, 0.15) is 48.0 Å². The molecule has 0 bridgehead atoms. The zero-order valence-electron chi connectivity index (χ0n) is 10.5. The van der Waals surface area contributed by atoms with Crippen LogP contribution in [0, 0.1) is 6.92 Å². The second-order valence-electron chi connectivity index (χ2n) is 4.83. The van der Waals surface area contributed by atoms with Gasteiger partial charge in [0.05, 0.1) is 5.56 Å². The Hall–Kier alpha value is -1.03. The third-order valence-electron chi connectivity index (χ3n) is 3.46. The van der Waals surface area contributed by atoms with E-state index in [0.717, 1.165) is 35.7 Å². The van der Waals surface area contributed by atoms with Crippen LogP contribution in [0.25, 0.3) is 0 Å². The van der Waals surface area contributed by atoms with Gasteiger partial charge in [0.1, 0.15) is 6.10 Å². The van der Waals surface area contributed by atoms with Crippen molar-refractivity contribution >= 4 is 27.6 Å². The lowest BCUT2D eigenvalue weighted by atomic mass is 9.97. The molecule has 1 saturated carbocycles. The van der Waals surface area contributed by atoms with Crippen molar-refractivity contribution < 1.29 is 9.53 Å². The number of hydrogen-bond acceptors (Lipinski definition) is 3. The highest BCUT2D eigenvalue weighted by Crippen LogP contribution is 2.26. The first-order valence-electron chi connectivity index (χ1n) is 6.34. The number of carbonyl (C=O) groups is 1. The number of anilines is 1. The predicted molar refractivity (Wildman–Crippen MR) is 75.6 cm³/mol. The highest BCUT2D eigenvalue weighted by atomic mass is 79.9. The average Bonchev–Trinajstić information content (AvgIpc) is 2.35. The van der Waals surface area contributed by atoms with Crippen molar-refractivity contribution in [2.45, 2.75) is 45.1 Å². The zero-order valence-corrected chi connectivity index (χ0v) is 12.1. The first kappa shape index (κ1) is 13.4. The minimum atomic E-state index is -0.257. The van der Waals surface area contributed by atoms with Gasteiger partial charge in [-0.2, -0.15) is 0 Å². The van der Waals surface area contributed by atoms with Crippen LogP contribution in [0.5, 0.6) is 0 Å². The summed E-state index contributed by atoms with van der Waals surface area (Å²) in [6.07, 6.45) is 5.58. The van der Waals surface area contributed by atoms with Gasteiger partial charge in [0.2, 0.25) is 0 Å². The molecule has 1 aliphatic carbocycles. The van der Waals surface area contributed by atoms with E-state index in [1.165, 1.54) is 6.42 Å². The summed E-state index contributed by atoms with van der Waals surface area (Å²) in [5.74, 6) is -0.257. The van der Waals surface area contributed by atoms with Crippen molar-refractivity contribution in [3.63, 3.8) is 0 Å². The number of ether oxygens (including phenoxy) is 1. The number of nitrogen functional groups attached to an aromatic ring is 1. The number of carbonyl (C=O) groups excluding carboxylic acids is 1. The Morgan fingerprint density at radius 2 is 2.00 bits per heavy atom. The summed E-state index contributed by atoms with van der Waals surface area (Å²) in [4.78, 5) is 12.1. The molecular formula is C14H18BrNO2. The first-order chi connectivity index (χ1) is 8.58. The number of rotatable bonds is 2. The molecule has 0 saturated heterocycles.